The van der Waals surface area contributed by atoms with Gasteiger partial charge in [0.2, 0.25) is 5.82 Å². The molecule has 5 rings (SSSR count). The molecular weight excluding hydrogens is 511 g/mol. The third kappa shape index (κ3) is 5.31. The Balaban J connectivity index is 1.26. The van der Waals surface area contributed by atoms with Gasteiger partial charge in [-0.1, -0.05) is 17.3 Å². The molecule has 0 saturated carbocycles. The van der Waals surface area contributed by atoms with Crippen LogP contribution in [0.1, 0.15) is 6.42 Å². The zero-order valence-corrected chi connectivity index (χ0v) is 20.5. The van der Waals surface area contributed by atoms with Crippen LogP contribution in [0.5, 0.6) is 17.2 Å². The van der Waals surface area contributed by atoms with Crippen molar-refractivity contribution in [2.45, 2.75) is 12.0 Å². The maximum absolute atomic E-state index is 14.0. The van der Waals surface area contributed by atoms with E-state index in [0.717, 1.165) is 0 Å². The molecule has 0 unspecified atom stereocenters. The number of nitrogens with zero attached hydrogens (tertiary/aromatic N) is 2. The number of benzene rings is 3. The van der Waals surface area contributed by atoms with Gasteiger partial charge in [-0.3, -0.25) is 20.2 Å². The molecular formula is C27H21FN4O7. The molecule has 4 amide bonds. The lowest BCUT2D eigenvalue weighted by atomic mass is 9.95. The van der Waals surface area contributed by atoms with Crippen molar-refractivity contribution in [2.24, 2.45) is 0 Å². The highest BCUT2D eigenvalue weighted by molar-refractivity contribution is 6.21. The van der Waals surface area contributed by atoms with Gasteiger partial charge in [-0.25, -0.2) is 9.18 Å². The second kappa shape index (κ2) is 10.7. The average Bonchev–Trinajstić information content (AvgIpc) is 3.42. The molecule has 1 aliphatic heterocycles. The molecule has 0 spiro atoms. The molecule has 12 heteroatoms. The fourth-order valence-electron chi connectivity index (χ4n) is 3.83. The van der Waals surface area contributed by atoms with Gasteiger partial charge in [0.1, 0.15) is 23.1 Å². The molecule has 11 nitrogen and oxygen atoms in total. The van der Waals surface area contributed by atoms with Gasteiger partial charge < -0.3 is 18.7 Å². The number of hydrogen-bond acceptors (Lipinski definition) is 9. The summed E-state index contributed by atoms with van der Waals surface area (Å²) < 4.78 is 35.8. The molecule has 198 valence electrons. The average molecular weight is 532 g/mol. The number of ether oxygens (including phenoxy) is 3. The number of urea groups is 1. The summed E-state index contributed by atoms with van der Waals surface area (Å²) in [6.07, 6.45) is -0.110. The largest absolute Gasteiger partial charge is 0.467 e. The van der Waals surface area contributed by atoms with Crippen molar-refractivity contribution in [1.29, 1.82) is 0 Å². The molecule has 1 aliphatic rings. The van der Waals surface area contributed by atoms with Crippen LogP contribution < -0.4 is 20.1 Å². The Kier molecular flexibility index (Phi) is 7.02. The molecule has 2 heterocycles. The summed E-state index contributed by atoms with van der Waals surface area (Å²) in [4.78, 5) is 40.9. The summed E-state index contributed by atoms with van der Waals surface area (Å²) in [7, 11) is 1.42. The number of rotatable bonds is 9. The van der Waals surface area contributed by atoms with Crippen LogP contribution in [-0.2, 0) is 14.3 Å². The highest BCUT2D eigenvalue weighted by Gasteiger charge is 2.52. The summed E-state index contributed by atoms with van der Waals surface area (Å²) >= 11 is 0. The highest BCUT2D eigenvalue weighted by Crippen LogP contribution is 2.30. The number of aromatic nitrogens is 2. The first-order valence-corrected chi connectivity index (χ1v) is 11.7. The first kappa shape index (κ1) is 25.5. The summed E-state index contributed by atoms with van der Waals surface area (Å²) in [5.41, 5.74) is -1.11. The third-order valence-corrected chi connectivity index (χ3v) is 5.84. The van der Waals surface area contributed by atoms with Crippen LogP contribution in [0.4, 0.5) is 9.18 Å². The standard InChI is InChI=1S/C27H21FN4O7/c1-36-15-14-27(24(33)30-26(35)31-25(27)34)38-19-12-10-18(11-13-19)37-17-8-6-16(7-9-17)22-29-23(39-32-22)20-4-2-3-5-21(20)28/h2-13H,14-15H2,1H3,(H2,30,31,33,34,35). The summed E-state index contributed by atoms with van der Waals surface area (Å²) in [5, 5.41) is 8.03. The van der Waals surface area contributed by atoms with Crippen LogP contribution in [0, 0.1) is 5.82 Å². The second-order valence-electron chi connectivity index (χ2n) is 8.41. The quantitative estimate of drug-likeness (QED) is 0.307. The molecule has 3 aromatic carbocycles. The number of barbiturate groups is 1. The molecule has 1 fully saturated rings. The normalized spacial score (nSPS) is 14.5. The number of carbonyl (C=O) groups is 3. The van der Waals surface area contributed by atoms with Crippen LogP contribution in [-0.4, -0.2) is 47.3 Å². The Morgan fingerprint density at radius 3 is 2.13 bits per heavy atom. The monoisotopic (exact) mass is 532 g/mol. The van der Waals surface area contributed by atoms with E-state index in [-0.39, 0.29) is 30.2 Å². The zero-order valence-electron chi connectivity index (χ0n) is 20.5. The molecule has 0 radical (unpaired) electrons. The Morgan fingerprint density at radius 1 is 0.872 bits per heavy atom. The van der Waals surface area contributed by atoms with Crippen molar-refractivity contribution in [3.63, 3.8) is 0 Å². The molecule has 0 bridgehead atoms. The lowest BCUT2D eigenvalue weighted by Crippen LogP contribution is -2.69. The Bertz CT molecular complexity index is 1500. The molecule has 0 atom stereocenters. The zero-order chi connectivity index (χ0) is 27.4. The van der Waals surface area contributed by atoms with Gasteiger partial charge in [-0.05, 0) is 60.7 Å². The summed E-state index contributed by atoms with van der Waals surface area (Å²) in [6, 6.07) is 18.3. The van der Waals surface area contributed by atoms with Crippen LogP contribution in [0.25, 0.3) is 22.8 Å². The van der Waals surface area contributed by atoms with Crippen LogP contribution in [0.3, 0.4) is 0 Å². The number of hydrogen-bond donors (Lipinski definition) is 2. The van der Waals surface area contributed by atoms with Gasteiger partial charge in [0.05, 0.1) is 12.2 Å². The molecule has 1 saturated heterocycles. The maximum atomic E-state index is 14.0. The fourth-order valence-corrected chi connectivity index (χ4v) is 3.83. The molecule has 0 aliphatic carbocycles. The predicted octanol–water partition coefficient (Wildman–Crippen LogP) is 3.86. The molecule has 2 N–H and O–H groups in total. The number of halogens is 1. The van der Waals surface area contributed by atoms with E-state index in [1.165, 1.54) is 25.3 Å². The van der Waals surface area contributed by atoms with Crippen molar-refractivity contribution in [1.82, 2.24) is 20.8 Å². The summed E-state index contributed by atoms with van der Waals surface area (Å²) in [6.45, 7) is 0.0422. The van der Waals surface area contributed by atoms with E-state index in [4.69, 9.17) is 18.7 Å². The van der Waals surface area contributed by atoms with E-state index in [1.807, 2.05) is 0 Å². The molecule has 39 heavy (non-hydrogen) atoms. The van der Waals surface area contributed by atoms with E-state index >= 15 is 0 Å². The number of nitrogens with one attached hydrogen (secondary N) is 2. The van der Waals surface area contributed by atoms with Crippen molar-refractivity contribution in [3.8, 4) is 40.1 Å². The number of amides is 4. The van der Waals surface area contributed by atoms with Crippen molar-refractivity contribution >= 4 is 17.8 Å². The Morgan fingerprint density at radius 2 is 1.49 bits per heavy atom. The SMILES string of the molecule is COCCC1(Oc2ccc(Oc3ccc(-c4noc(-c5ccccc5F)n4)cc3)cc2)C(=O)NC(=O)NC1=O. The van der Waals surface area contributed by atoms with Gasteiger partial charge in [-0.2, -0.15) is 4.98 Å². The number of imide groups is 2. The highest BCUT2D eigenvalue weighted by atomic mass is 19.1. The summed E-state index contributed by atoms with van der Waals surface area (Å²) in [5.74, 6) is -0.686. The van der Waals surface area contributed by atoms with Crippen molar-refractivity contribution in [2.75, 3.05) is 13.7 Å². The van der Waals surface area contributed by atoms with Crippen molar-refractivity contribution in [3.05, 3.63) is 78.6 Å². The van der Waals surface area contributed by atoms with Gasteiger partial charge in [0, 0.05) is 19.1 Å². The van der Waals surface area contributed by atoms with E-state index in [9.17, 15) is 18.8 Å². The first-order chi connectivity index (χ1) is 18.9. The van der Waals surface area contributed by atoms with E-state index < -0.39 is 29.3 Å². The molecule has 1 aromatic heterocycles. The van der Waals surface area contributed by atoms with Crippen molar-refractivity contribution < 1.29 is 37.5 Å². The van der Waals surface area contributed by atoms with E-state index in [2.05, 4.69) is 20.8 Å². The maximum Gasteiger partial charge on any atom is 0.328 e. The minimum atomic E-state index is -1.97. The van der Waals surface area contributed by atoms with Crippen LogP contribution >= 0.6 is 0 Å². The van der Waals surface area contributed by atoms with Crippen LogP contribution in [0.15, 0.2) is 77.3 Å². The number of carbonyl (C=O) groups excluding carboxylic acids is 3. The van der Waals surface area contributed by atoms with Crippen LogP contribution in [0.2, 0.25) is 0 Å². The predicted molar refractivity (Wildman–Crippen MR) is 133 cm³/mol. The van der Waals surface area contributed by atoms with Gasteiger partial charge >= 0.3 is 6.03 Å². The smallest absolute Gasteiger partial charge is 0.328 e. The number of methoxy groups -OCH3 is 1. The topological polar surface area (TPSA) is 142 Å². The fraction of sp³-hybridized carbons (Fsp3) is 0.148. The minimum absolute atomic E-state index is 0.0422. The lowest BCUT2D eigenvalue weighted by Gasteiger charge is -2.34. The molecule has 4 aromatic rings. The second-order valence-corrected chi connectivity index (χ2v) is 8.41. The van der Waals surface area contributed by atoms with Gasteiger partial charge in [0.15, 0.2) is 0 Å². The Labute approximate surface area is 220 Å². The van der Waals surface area contributed by atoms with E-state index in [1.54, 1.807) is 54.6 Å². The van der Waals surface area contributed by atoms with E-state index in [0.29, 0.717) is 22.9 Å². The lowest BCUT2D eigenvalue weighted by molar-refractivity contribution is -0.153. The van der Waals surface area contributed by atoms with Gasteiger partial charge in [-0.15, -0.1) is 0 Å². The Hall–Kier alpha value is -5.10. The van der Waals surface area contributed by atoms with Gasteiger partial charge in [0.25, 0.3) is 23.3 Å². The third-order valence-electron chi connectivity index (χ3n) is 5.84. The first-order valence-electron chi connectivity index (χ1n) is 11.7. The minimum Gasteiger partial charge on any atom is -0.467 e.